The van der Waals surface area contributed by atoms with Crippen LogP contribution in [0.5, 0.6) is 0 Å². The van der Waals surface area contributed by atoms with Crippen molar-refractivity contribution < 1.29 is 8.94 Å². The summed E-state index contributed by atoms with van der Waals surface area (Å²) < 4.78 is 10.9. The number of hydrogen-bond donors (Lipinski definition) is 0. The van der Waals surface area contributed by atoms with Gasteiger partial charge in [-0.3, -0.25) is 0 Å². The minimum atomic E-state index is 0.397. The van der Waals surface area contributed by atoms with Gasteiger partial charge in [-0.1, -0.05) is 58.3 Å². The molecule has 0 N–H and O–H groups in total. The molecule has 130 valence electrons. The molecule has 26 heavy (non-hydrogen) atoms. The highest BCUT2D eigenvalue weighted by Crippen LogP contribution is 2.28. The maximum atomic E-state index is 6.14. The summed E-state index contributed by atoms with van der Waals surface area (Å²) in [6, 6.07) is 14.5. The molecule has 0 atom stereocenters. The van der Waals surface area contributed by atoms with E-state index >= 15 is 0 Å². The Morgan fingerprint density at radius 1 is 1.00 bits per heavy atom. The monoisotopic (exact) mass is 404 g/mol. The Bertz CT molecular complexity index is 1050. The predicted octanol–water partition coefficient (Wildman–Crippen LogP) is 5.39. The SMILES string of the molecule is Clc1cccc(-c2nnc(SCc3nc(-c4ccccc4Cl)no3)o2)c1. The first-order valence-electron chi connectivity index (χ1n) is 7.49. The zero-order valence-corrected chi connectivity index (χ0v) is 15.4. The van der Waals surface area contributed by atoms with Crippen LogP contribution in [-0.4, -0.2) is 20.3 Å². The number of thioether (sulfide) groups is 1. The van der Waals surface area contributed by atoms with Gasteiger partial charge < -0.3 is 8.94 Å². The van der Waals surface area contributed by atoms with E-state index in [1.165, 1.54) is 11.8 Å². The van der Waals surface area contributed by atoms with Crippen LogP contribution in [0.15, 0.2) is 62.7 Å². The molecule has 2 aromatic carbocycles. The van der Waals surface area contributed by atoms with Crippen molar-refractivity contribution in [3.05, 3.63) is 64.5 Å². The molecule has 4 rings (SSSR count). The van der Waals surface area contributed by atoms with Crippen LogP contribution in [0.1, 0.15) is 5.89 Å². The van der Waals surface area contributed by atoms with Crippen LogP contribution in [0.4, 0.5) is 0 Å². The van der Waals surface area contributed by atoms with Gasteiger partial charge in [0.2, 0.25) is 17.6 Å². The smallest absolute Gasteiger partial charge is 0.277 e. The van der Waals surface area contributed by atoms with Gasteiger partial charge >= 0.3 is 0 Å². The molecule has 0 amide bonds. The zero-order chi connectivity index (χ0) is 17.9. The molecule has 0 radical (unpaired) electrons. The fourth-order valence-corrected chi connectivity index (χ4v) is 3.21. The molecule has 0 bridgehead atoms. The Labute approximate surface area is 162 Å². The molecule has 6 nitrogen and oxygen atoms in total. The van der Waals surface area contributed by atoms with E-state index in [4.69, 9.17) is 32.1 Å². The number of halogens is 2. The van der Waals surface area contributed by atoms with E-state index in [-0.39, 0.29) is 0 Å². The summed E-state index contributed by atoms with van der Waals surface area (Å²) in [6.45, 7) is 0. The van der Waals surface area contributed by atoms with Crippen molar-refractivity contribution in [1.29, 1.82) is 0 Å². The van der Waals surface area contributed by atoms with Gasteiger partial charge in [0, 0.05) is 16.1 Å². The summed E-state index contributed by atoms with van der Waals surface area (Å²) in [6.07, 6.45) is 0. The normalized spacial score (nSPS) is 11.0. The lowest BCUT2D eigenvalue weighted by atomic mass is 10.2. The molecule has 0 saturated heterocycles. The van der Waals surface area contributed by atoms with E-state index in [1.54, 1.807) is 18.2 Å². The Morgan fingerprint density at radius 3 is 2.73 bits per heavy atom. The van der Waals surface area contributed by atoms with Crippen LogP contribution in [0.25, 0.3) is 22.8 Å². The van der Waals surface area contributed by atoms with Crippen molar-refractivity contribution in [2.24, 2.45) is 0 Å². The molecule has 2 heterocycles. The average molecular weight is 405 g/mol. The van der Waals surface area contributed by atoms with Crippen molar-refractivity contribution in [3.8, 4) is 22.8 Å². The van der Waals surface area contributed by atoms with Crippen LogP contribution in [-0.2, 0) is 5.75 Å². The molecule has 2 aromatic heterocycles. The van der Waals surface area contributed by atoms with Gasteiger partial charge in [-0.2, -0.15) is 4.98 Å². The molecule has 0 unspecified atom stereocenters. The zero-order valence-electron chi connectivity index (χ0n) is 13.1. The lowest BCUT2D eigenvalue weighted by Crippen LogP contribution is -1.84. The summed E-state index contributed by atoms with van der Waals surface area (Å²) in [7, 11) is 0. The van der Waals surface area contributed by atoms with Gasteiger partial charge in [0.15, 0.2) is 0 Å². The number of benzene rings is 2. The molecule has 4 aromatic rings. The largest absolute Gasteiger partial charge is 0.411 e. The Balaban J connectivity index is 1.45. The number of hydrogen-bond acceptors (Lipinski definition) is 7. The lowest BCUT2D eigenvalue weighted by Gasteiger charge is -1.96. The molecule has 0 aliphatic rings. The molecular formula is C17H10Cl2N4O2S. The third-order valence-electron chi connectivity index (χ3n) is 3.38. The third-order valence-corrected chi connectivity index (χ3v) is 4.75. The van der Waals surface area contributed by atoms with Crippen molar-refractivity contribution in [2.45, 2.75) is 11.0 Å². The standard InChI is InChI=1S/C17H10Cl2N4O2S/c18-11-5-3-4-10(8-11)16-21-22-17(24-16)26-9-14-20-15(23-25-14)12-6-1-2-7-13(12)19/h1-8H,9H2. The molecule has 0 aliphatic heterocycles. The molecule has 0 spiro atoms. The molecule has 0 fully saturated rings. The van der Waals surface area contributed by atoms with Gasteiger partial charge in [0.25, 0.3) is 5.22 Å². The highest BCUT2D eigenvalue weighted by molar-refractivity contribution is 7.98. The lowest BCUT2D eigenvalue weighted by molar-refractivity contribution is 0.391. The predicted molar refractivity (Wildman–Crippen MR) is 99.0 cm³/mol. The van der Waals surface area contributed by atoms with Crippen molar-refractivity contribution >= 4 is 35.0 Å². The van der Waals surface area contributed by atoms with Crippen LogP contribution < -0.4 is 0 Å². The number of aromatic nitrogens is 4. The highest BCUT2D eigenvalue weighted by Gasteiger charge is 2.14. The second kappa shape index (κ2) is 7.49. The van der Waals surface area contributed by atoms with Gasteiger partial charge in [0.05, 0.1) is 10.8 Å². The molecule has 9 heteroatoms. The third kappa shape index (κ3) is 3.75. The van der Waals surface area contributed by atoms with Gasteiger partial charge in [-0.05, 0) is 30.3 Å². The summed E-state index contributed by atoms with van der Waals surface area (Å²) in [5.74, 6) is 1.68. The highest BCUT2D eigenvalue weighted by atomic mass is 35.5. The van der Waals surface area contributed by atoms with Crippen LogP contribution in [0.2, 0.25) is 10.0 Å². The van der Waals surface area contributed by atoms with Crippen molar-refractivity contribution in [2.75, 3.05) is 0 Å². The minimum absolute atomic E-state index is 0.397. The Hall–Kier alpha value is -2.35. The van der Waals surface area contributed by atoms with Crippen LogP contribution in [0.3, 0.4) is 0 Å². The second-order valence-electron chi connectivity index (χ2n) is 5.16. The maximum Gasteiger partial charge on any atom is 0.277 e. The number of nitrogens with zero attached hydrogens (tertiary/aromatic N) is 4. The first-order chi connectivity index (χ1) is 12.7. The van der Waals surface area contributed by atoms with Gasteiger partial charge in [-0.25, -0.2) is 0 Å². The quantitative estimate of drug-likeness (QED) is 0.412. The Kier molecular flexibility index (Phi) is 4.92. The van der Waals surface area contributed by atoms with E-state index in [2.05, 4.69) is 20.3 Å². The minimum Gasteiger partial charge on any atom is -0.411 e. The van der Waals surface area contributed by atoms with E-state index in [0.29, 0.717) is 38.6 Å². The van der Waals surface area contributed by atoms with E-state index in [9.17, 15) is 0 Å². The molecule has 0 aliphatic carbocycles. The maximum absolute atomic E-state index is 6.14. The van der Waals surface area contributed by atoms with E-state index in [0.717, 1.165) is 11.1 Å². The average Bonchev–Trinajstić information content (AvgIpc) is 3.30. The summed E-state index contributed by atoms with van der Waals surface area (Å²) >= 11 is 13.4. The first-order valence-corrected chi connectivity index (χ1v) is 9.23. The van der Waals surface area contributed by atoms with Gasteiger partial charge in [0.1, 0.15) is 0 Å². The summed E-state index contributed by atoms with van der Waals surface area (Å²) in [4.78, 5) is 4.34. The van der Waals surface area contributed by atoms with E-state index in [1.807, 2.05) is 30.3 Å². The second-order valence-corrected chi connectivity index (χ2v) is 6.93. The van der Waals surface area contributed by atoms with Crippen LogP contribution in [0, 0.1) is 0 Å². The van der Waals surface area contributed by atoms with Gasteiger partial charge in [-0.15, -0.1) is 10.2 Å². The topological polar surface area (TPSA) is 77.8 Å². The fourth-order valence-electron chi connectivity index (χ4n) is 2.20. The first kappa shape index (κ1) is 17.1. The number of rotatable bonds is 5. The Morgan fingerprint density at radius 2 is 1.88 bits per heavy atom. The van der Waals surface area contributed by atoms with Crippen molar-refractivity contribution in [3.63, 3.8) is 0 Å². The fraction of sp³-hybridized carbons (Fsp3) is 0.0588. The van der Waals surface area contributed by atoms with E-state index < -0.39 is 0 Å². The molecule has 0 saturated carbocycles. The van der Waals surface area contributed by atoms with Crippen molar-refractivity contribution in [1.82, 2.24) is 20.3 Å². The summed E-state index contributed by atoms with van der Waals surface area (Å²) in [5.41, 5.74) is 1.48. The van der Waals surface area contributed by atoms with Crippen LogP contribution >= 0.6 is 35.0 Å². The summed E-state index contributed by atoms with van der Waals surface area (Å²) in [5, 5.41) is 13.6. The molecular weight excluding hydrogens is 395 g/mol.